The lowest BCUT2D eigenvalue weighted by atomic mass is 10.0. The highest BCUT2D eigenvalue weighted by atomic mass is 31.2. The molecule has 11 nitrogen and oxygen atoms in total. The van der Waals surface area contributed by atoms with Crippen LogP contribution in [0.4, 0.5) is 0 Å². The lowest BCUT2D eigenvalue weighted by molar-refractivity contribution is -0.161. The molecule has 0 aliphatic heterocycles. The fourth-order valence-electron chi connectivity index (χ4n) is 6.18. The number of phosphoric acid groups is 1. The van der Waals surface area contributed by atoms with Crippen LogP contribution in [-0.4, -0.2) is 74.7 Å². The molecule has 0 aromatic heterocycles. The minimum absolute atomic E-state index is 0.0905. The van der Waals surface area contributed by atoms with Gasteiger partial charge in [-0.3, -0.25) is 14.1 Å². The zero-order valence-electron chi connectivity index (χ0n) is 35.7. The first-order valence-corrected chi connectivity index (χ1v) is 23.6. The molecule has 4 atom stereocenters. The van der Waals surface area contributed by atoms with E-state index in [9.17, 15) is 29.5 Å². The highest BCUT2D eigenvalue weighted by Gasteiger charge is 2.23. The van der Waals surface area contributed by atoms with Crippen LogP contribution in [0.3, 0.4) is 0 Å². The summed E-state index contributed by atoms with van der Waals surface area (Å²) in [5.41, 5.74) is 0. The van der Waals surface area contributed by atoms with Gasteiger partial charge in [-0.25, -0.2) is 4.57 Å². The first-order chi connectivity index (χ1) is 27.3. The van der Waals surface area contributed by atoms with Gasteiger partial charge in [0, 0.05) is 12.8 Å². The highest BCUT2D eigenvalue weighted by molar-refractivity contribution is 7.46. The Hall–Kier alpha value is -2.11. The zero-order chi connectivity index (χ0) is 42.4. The summed E-state index contributed by atoms with van der Waals surface area (Å²) in [6, 6.07) is 0. The first-order valence-electron chi connectivity index (χ1n) is 22.1. The van der Waals surface area contributed by atoms with E-state index in [4.69, 9.17) is 19.3 Å². The summed E-state index contributed by atoms with van der Waals surface area (Å²) in [6.07, 6.45) is 34.9. The van der Waals surface area contributed by atoms with E-state index < -0.39 is 57.4 Å². The van der Waals surface area contributed by atoms with Gasteiger partial charge in [0.25, 0.3) is 0 Å². The SMILES string of the molecule is CCCCC[C@H](O)/C=C/C=C\C=C\C=C\[C@H](O)[C@@H](O)CCCC(=O)O[C@H](COC(=O)CCCCCCCCCCCCCCCCCCC(C)C)COP(=O)(O)O. The smallest absolute Gasteiger partial charge is 0.462 e. The number of allylic oxidation sites excluding steroid dienone is 6. The van der Waals surface area contributed by atoms with Crippen molar-refractivity contribution in [2.45, 2.75) is 206 Å². The number of aliphatic hydroxyl groups is 3. The summed E-state index contributed by atoms with van der Waals surface area (Å²) in [4.78, 5) is 42.9. The molecule has 0 aliphatic rings. The number of unbranched alkanes of at least 4 members (excludes halogenated alkanes) is 17. The lowest BCUT2D eigenvalue weighted by Gasteiger charge is -2.19. The Kier molecular flexibility index (Phi) is 36.7. The van der Waals surface area contributed by atoms with Crippen LogP contribution in [0.2, 0.25) is 0 Å². The Morgan fingerprint density at radius 1 is 0.561 bits per heavy atom. The minimum atomic E-state index is -4.85. The van der Waals surface area contributed by atoms with Gasteiger partial charge in [-0.1, -0.05) is 191 Å². The summed E-state index contributed by atoms with van der Waals surface area (Å²) < 4.78 is 26.2. The van der Waals surface area contributed by atoms with Crippen molar-refractivity contribution in [2.24, 2.45) is 5.92 Å². The predicted octanol–water partition coefficient (Wildman–Crippen LogP) is 10.3. The van der Waals surface area contributed by atoms with Crippen molar-refractivity contribution < 1.29 is 53.3 Å². The van der Waals surface area contributed by atoms with Gasteiger partial charge in [0.2, 0.25) is 0 Å². The summed E-state index contributed by atoms with van der Waals surface area (Å²) in [7, 11) is -4.85. The molecular weight excluding hydrogens is 747 g/mol. The first kappa shape index (κ1) is 54.9. The molecule has 0 heterocycles. The van der Waals surface area contributed by atoms with Crippen molar-refractivity contribution in [3.8, 4) is 0 Å². The third-order valence-corrected chi connectivity index (χ3v) is 10.1. The number of aliphatic hydroxyl groups excluding tert-OH is 3. The molecule has 0 aromatic carbocycles. The topological polar surface area (TPSA) is 180 Å². The van der Waals surface area contributed by atoms with Crippen molar-refractivity contribution in [1.29, 1.82) is 0 Å². The molecule has 5 N–H and O–H groups in total. The van der Waals surface area contributed by atoms with Gasteiger partial charge >= 0.3 is 19.8 Å². The number of hydrogen-bond acceptors (Lipinski definition) is 9. The van der Waals surface area contributed by atoms with Gasteiger partial charge in [0.05, 0.1) is 24.9 Å². The lowest BCUT2D eigenvalue weighted by Crippen LogP contribution is -2.29. The summed E-state index contributed by atoms with van der Waals surface area (Å²) >= 11 is 0. The summed E-state index contributed by atoms with van der Waals surface area (Å²) in [6.45, 7) is 5.65. The highest BCUT2D eigenvalue weighted by Crippen LogP contribution is 2.36. The maximum atomic E-state index is 12.4. The molecule has 0 amide bonds. The fraction of sp³-hybridized carbons (Fsp3) is 0.778. The minimum Gasteiger partial charge on any atom is -0.462 e. The van der Waals surface area contributed by atoms with Crippen LogP contribution >= 0.6 is 7.82 Å². The van der Waals surface area contributed by atoms with Crippen molar-refractivity contribution in [1.82, 2.24) is 0 Å². The standard InChI is InChI=1S/C45H81O11P/c1-4-5-24-31-40(46)32-26-21-18-19-22-27-33-42(47)43(48)34-29-36-45(50)56-41(38-55-57(51,52)53)37-54-44(49)35-28-23-17-15-13-11-9-7-6-8-10-12-14-16-20-25-30-39(2)3/h18-19,21-22,26-27,32-33,39-43,46-48H,4-17,20,23-25,28-31,34-38H2,1-3H3,(H2,51,52,53)/b21-18-,22-19+,32-26+,33-27+/t40-,41+,42-,43-/m0/s1. The summed E-state index contributed by atoms with van der Waals surface area (Å²) in [5, 5.41) is 30.3. The number of hydrogen-bond donors (Lipinski definition) is 5. The average molecular weight is 829 g/mol. The molecule has 0 unspecified atom stereocenters. The van der Waals surface area contributed by atoms with Gasteiger partial charge in [0.1, 0.15) is 6.61 Å². The Labute approximate surface area is 345 Å². The van der Waals surface area contributed by atoms with E-state index in [1.807, 2.05) is 0 Å². The molecule has 57 heavy (non-hydrogen) atoms. The average Bonchev–Trinajstić information content (AvgIpc) is 3.15. The molecule has 0 rings (SSSR count). The quantitative estimate of drug-likeness (QED) is 0.0172. The second kappa shape index (κ2) is 38.1. The number of esters is 2. The van der Waals surface area contributed by atoms with Crippen LogP contribution in [0.25, 0.3) is 0 Å². The number of phosphoric ester groups is 1. The largest absolute Gasteiger partial charge is 0.469 e. The second-order valence-electron chi connectivity index (χ2n) is 15.7. The van der Waals surface area contributed by atoms with E-state index in [0.717, 1.165) is 50.9 Å². The Morgan fingerprint density at radius 3 is 1.56 bits per heavy atom. The van der Waals surface area contributed by atoms with Crippen LogP contribution in [0, 0.1) is 5.92 Å². The normalized spacial score (nSPS) is 14.7. The van der Waals surface area contributed by atoms with E-state index in [-0.39, 0.29) is 25.7 Å². The molecule has 0 radical (unpaired) electrons. The number of ether oxygens (including phenoxy) is 2. The van der Waals surface area contributed by atoms with E-state index in [0.29, 0.717) is 6.42 Å². The third-order valence-electron chi connectivity index (χ3n) is 9.64. The van der Waals surface area contributed by atoms with Crippen LogP contribution in [0.15, 0.2) is 48.6 Å². The van der Waals surface area contributed by atoms with E-state index in [1.54, 1.807) is 42.5 Å². The Balaban J connectivity index is 4.19. The molecule has 0 saturated heterocycles. The molecule has 332 valence electrons. The van der Waals surface area contributed by atoms with Crippen molar-refractivity contribution in [2.75, 3.05) is 13.2 Å². The number of carbonyl (C=O) groups excluding carboxylic acids is 2. The van der Waals surface area contributed by atoms with Crippen LogP contribution < -0.4 is 0 Å². The van der Waals surface area contributed by atoms with Gasteiger partial charge in [-0.15, -0.1) is 0 Å². The van der Waals surface area contributed by atoms with Crippen molar-refractivity contribution in [3.63, 3.8) is 0 Å². The Bertz CT molecular complexity index is 1130. The number of carbonyl (C=O) groups is 2. The molecule has 0 bridgehead atoms. The van der Waals surface area contributed by atoms with Crippen LogP contribution in [0.1, 0.15) is 181 Å². The zero-order valence-corrected chi connectivity index (χ0v) is 36.6. The molecule has 0 spiro atoms. The van der Waals surface area contributed by atoms with Crippen LogP contribution in [-0.2, 0) is 28.2 Å². The van der Waals surface area contributed by atoms with Gasteiger partial charge < -0.3 is 34.6 Å². The number of rotatable bonds is 39. The summed E-state index contributed by atoms with van der Waals surface area (Å²) in [5.74, 6) is -0.384. The van der Waals surface area contributed by atoms with Crippen molar-refractivity contribution in [3.05, 3.63) is 48.6 Å². The molecule has 0 aliphatic carbocycles. The molecule has 0 fully saturated rings. The van der Waals surface area contributed by atoms with Gasteiger partial charge in [-0.05, 0) is 31.6 Å². The van der Waals surface area contributed by atoms with Gasteiger partial charge in [0.15, 0.2) is 6.10 Å². The maximum Gasteiger partial charge on any atom is 0.469 e. The molecule has 0 aromatic rings. The molecule has 12 heteroatoms. The Morgan fingerprint density at radius 2 is 1.04 bits per heavy atom. The van der Waals surface area contributed by atoms with E-state index in [1.165, 1.54) is 89.5 Å². The van der Waals surface area contributed by atoms with Crippen LogP contribution in [0.5, 0.6) is 0 Å². The van der Waals surface area contributed by atoms with E-state index >= 15 is 0 Å². The maximum absolute atomic E-state index is 12.4. The monoisotopic (exact) mass is 829 g/mol. The third kappa shape index (κ3) is 40.5. The second-order valence-corrected chi connectivity index (χ2v) is 17.0. The van der Waals surface area contributed by atoms with E-state index in [2.05, 4.69) is 25.3 Å². The fourth-order valence-corrected chi connectivity index (χ4v) is 6.54. The predicted molar refractivity (Wildman–Crippen MR) is 229 cm³/mol. The van der Waals surface area contributed by atoms with Gasteiger partial charge in [-0.2, -0.15) is 0 Å². The molecule has 0 saturated carbocycles. The molecular formula is C45H81O11P. The van der Waals surface area contributed by atoms with Crippen molar-refractivity contribution >= 4 is 19.8 Å².